The molecule has 1 aromatic heterocycles. The van der Waals surface area contributed by atoms with Crippen LogP contribution in [-0.2, 0) is 22.4 Å². The van der Waals surface area contributed by atoms with Gasteiger partial charge in [0.15, 0.2) is 6.61 Å². The SMILES string of the molecule is CCCc1ccc(OCC(=O)Nc2sc3c(c2C(=O)OCC)C(C)CCC3)cc1. The summed E-state index contributed by atoms with van der Waals surface area (Å²) < 4.78 is 10.9. The predicted octanol–water partition coefficient (Wildman–Crippen LogP) is 5.33. The average Bonchev–Trinajstić information content (AvgIpc) is 3.07. The van der Waals surface area contributed by atoms with Gasteiger partial charge in [-0.25, -0.2) is 4.79 Å². The van der Waals surface area contributed by atoms with Gasteiger partial charge in [-0.3, -0.25) is 4.79 Å². The van der Waals surface area contributed by atoms with E-state index in [9.17, 15) is 9.59 Å². The van der Waals surface area contributed by atoms with E-state index in [0.29, 0.717) is 22.9 Å². The van der Waals surface area contributed by atoms with E-state index in [1.54, 1.807) is 6.92 Å². The molecule has 5 nitrogen and oxygen atoms in total. The van der Waals surface area contributed by atoms with E-state index >= 15 is 0 Å². The van der Waals surface area contributed by atoms with Gasteiger partial charge in [-0.05, 0) is 61.8 Å². The van der Waals surface area contributed by atoms with Crippen molar-refractivity contribution in [3.63, 3.8) is 0 Å². The molecule has 0 spiro atoms. The summed E-state index contributed by atoms with van der Waals surface area (Å²) in [6, 6.07) is 7.80. The van der Waals surface area contributed by atoms with Crippen LogP contribution in [0.4, 0.5) is 5.00 Å². The molecule has 0 radical (unpaired) electrons. The van der Waals surface area contributed by atoms with E-state index in [1.807, 2.05) is 24.3 Å². The molecule has 1 aliphatic carbocycles. The maximum Gasteiger partial charge on any atom is 0.341 e. The second kappa shape index (κ2) is 9.92. The van der Waals surface area contributed by atoms with Gasteiger partial charge in [0, 0.05) is 4.88 Å². The maximum atomic E-state index is 12.6. The molecule has 2 aromatic rings. The molecule has 1 aliphatic rings. The van der Waals surface area contributed by atoms with Crippen molar-refractivity contribution in [2.45, 2.75) is 58.8 Å². The summed E-state index contributed by atoms with van der Waals surface area (Å²) in [5.74, 6) is 0.309. The van der Waals surface area contributed by atoms with Crippen molar-refractivity contribution in [1.82, 2.24) is 0 Å². The Balaban J connectivity index is 1.70. The standard InChI is InChI=1S/C23H29NO4S/c1-4-7-16-10-12-17(13-11-16)28-14-19(25)24-22-21(23(26)27-5-2)20-15(3)8-6-9-18(20)29-22/h10-13,15H,4-9,14H2,1-3H3,(H,24,25). The Bertz CT molecular complexity index is 857. The summed E-state index contributed by atoms with van der Waals surface area (Å²) in [5.41, 5.74) is 2.82. The van der Waals surface area contributed by atoms with Gasteiger partial charge in [-0.2, -0.15) is 0 Å². The first-order valence-electron chi connectivity index (χ1n) is 10.4. The molecule has 0 aliphatic heterocycles. The van der Waals surface area contributed by atoms with Gasteiger partial charge in [0.2, 0.25) is 0 Å². The van der Waals surface area contributed by atoms with Crippen molar-refractivity contribution in [2.75, 3.05) is 18.5 Å². The molecule has 0 fully saturated rings. The van der Waals surface area contributed by atoms with Crippen LogP contribution in [0, 0.1) is 0 Å². The molecular formula is C23H29NO4S. The average molecular weight is 416 g/mol. The fourth-order valence-electron chi connectivity index (χ4n) is 3.76. The smallest absolute Gasteiger partial charge is 0.341 e. The van der Waals surface area contributed by atoms with Crippen LogP contribution >= 0.6 is 11.3 Å². The number of amides is 1. The number of thiophene rings is 1. The number of benzene rings is 1. The van der Waals surface area contributed by atoms with Crippen molar-refractivity contribution < 1.29 is 19.1 Å². The van der Waals surface area contributed by atoms with Gasteiger partial charge in [-0.1, -0.05) is 32.4 Å². The van der Waals surface area contributed by atoms with Crippen molar-refractivity contribution in [3.05, 3.63) is 45.8 Å². The highest BCUT2D eigenvalue weighted by Gasteiger charge is 2.30. The number of esters is 1. The number of nitrogens with one attached hydrogen (secondary N) is 1. The minimum atomic E-state index is -0.360. The van der Waals surface area contributed by atoms with E-state index < -0.39 is 0 Å². The largest absolute Gasteiger partial charge is 0.484 e. The lowest BCUT2D eigenvalue weighted by atomic mass is 9.86. The monoisotopic (exact) mass is 415 g/mol. The van der Waals surface area contributed by atoms with Crippen LogP contribution in [0.1, 0.15) is 72.3 Å². The minimum absolute atomic E-state index is 0.104. The molecule has 1 N–H and O–H groups in total. The Morgan fingerprint density at radius 2 is 1.97 bits per heavy atom. The summed E-state index contributed by atoms with van der Waals surface area (Å²) >= 11 is 1.49. The third-order valence-corrected chi connectivity index (χ3v) is 6.30. The zero-order valence-electron chi connectivity index (χ0n) is 17.4. The summed E-state index contributed by atoms with van der Waals surface area (Å²) in [4.78, 5) is 26.3. The van der Waals surface area contributed by atoms with Crippen LogP contribution in [0.3, 0.4) is 0 Å². The lowest BCUT2D eigenvalue weighted by Gasteiger charge is -2.19. The minimum Gasteiger partial charge on any atom is -0.484 e. The van der Waals surface area contributed by atoms with Gasteiger partial charge in [-0.15, -0.1) is 11.3 Å². The van der Waals surface area contributed by atoms with Crippen molar-refractivity contribution in [2.24, 2.45) is 0 Å². The quantitative estimate of drug-likeness (QED) is 0.592. The summed E-state index contributed by atoms with van der Waals surface area (Å²) in [6.07, 6.45) is 5.20. The van der Waals surface area contributed by atoms with E-state index in [2.05, 4.69) is 19.2 Å². The number of fused-ring (bicyclic) bond motifs is 1. The molecule has 3 rings (SSSR count). The Kier molecular flexibility index (Phi) is 7.31. The predicted molar refractivity (Wildman–Crippen MR) is 116 cm³/mol. The first kappa shape index (κ1) is 21.4. The van der Waals surface area contributed by atoms with Crippen LogP contribution in [0.2, 0.25) is 0 Å². The number of hydrogen-bond acceptors (Lipinski definition) is 5. The van der Waals surface area contributed by atoms with Gasteiger partial charge >= 0.3 is 5.97 Å². The van der Waals surface area contributed by atoms with E-state index in [0.717, 1.165) is 37.7 Å². The highest BCUT2D eigenvalue weighted by molar-refractivity contribution is 7.17. The Morgan fingerprint density at radius 1 is 1.21 bits per heavy atom. The molecule has 29 heavy (non-hydrogen) atoms. The zero-order valence-corrected chi connectivity index (χ0v) is 18.2. The lowest BCUT2D eigenvalue weighted by molar-refractivity contribution is -0.118. The normalized spacial score (nSPS) is 15.5. The van der Waals surface area contributed by atoms with Crippen molar-refractivity contribution in [1.29, 1.82) is 0 Å². The van der Waals surface area contributed by atoms with Crippen LogP contribution in [0.5, 0.6) is 5.75 Å². The lowest BCUT2D eigenvalue weighted by Crippen LogP contribution is -2.21. The topological polar surface area (TPSA) is 64.6 Å². The number of carbonyl (C=O) groups excluding carboxylic acids is 2. The maximum absolute atomic E-state index is 12.6. The Morgan fingerprint density at radius 3 is 2.66 bits per heavy atom. The molecule has 1 heterocycles. The molecule has 6 heteroatoms. The summed E-state index contributed by atoms with van der Waals surface area (Å²) in [6.45, 7) is 6.26. The number of rotatable bonds is 8. The van der Waals surface area contributed by atoms with E-state index in [1.165, 1.54) is 21.8 Å². The first-order valence-corrected chi connectivity index (χ1v) is 11.2. The van der Waals surface area contributed by atoms with Gasteiger partial charge in [0.05, 0.1) is 12.2 Å². The summed E-state index contributed by atoms with van der Waals surface area (Å²) in [7, 11) is 0. The Hall–Kier alpha value is -2.34. The number of anilines is 1. The number of aryl methyl sites for hydroxylation is 2. The van der Waals surface area contributed by atoms with Crippen molar-refractivity contribution >= 4 is 28.2 Å². The second-order valence-corrected chi connectivity index (χ2v) is 8.49. The molecule has 1 amide bonds. The van der Waals surface area contributed by atoms with Crippen LogP contribution in [0.25, 0.3) is 0 Å². The Labute approximate surface area is 176 Å². The van der Waals surface area contributed by atoms with Crippen molar-refractivity contribution in [3.8, 4) is 5.75 Å². The van der Waals surface area contributed by atoms with E-state index in [-0.39, 0.29) is 24.4 Å². The van der Waals surface area contributed by atoms with Gasteiger partial charge in [0.25, 0.3) is 5.91 Å². The molecule has 0 bridgehead atoms. The fourth-order valence-corrected chi connectivity index (χ4v) is 5.12. The highest BCUT2D eigenvalue weighted by Crippen LogP contribution is 2.43. The molecule has 1 unspecified atom stereocenters. The summed E-state index contributed by atoms with van der Waals surface area (Å²) in [5, 5.41) is 3.46. The third-order valence-electron chi connectivity index (χ3n) is 5.12. The highest BCUT2D eigenvalue weighted by atomic mass is 32.1. The number of ether oxygens (including phenoxy) is 2. The molecular weight excluding hydrogens is 386 g/mol. The van der Waals surface area contributed by atoms with E-state index in [4.69, 9.17) is 9.47 Å². The second-order valence-electron chi connectivity index (χ2n) is 7.39. The molecule has 1 aromatic carbocycles. The molecule has 0 saturated heterocycles. The van der Waals surface area contributed by atoms with Crippen LogP contribution in [-0.4, -0.2) is 25.1 Å². The number of carbonyl (C=O) groups is 2. The van der Waals surface area contributed by atoms with Gasteiger partial charge in [0.1, 0.15) is 10.8 Å². The zero-order chi connectivity index (χ0) is 20.8. The third kappa shape index (κ3) is 5.18. The van der Waals surface area contributed by atoms with Gasteiger partial charge < -0.3 is 14.8 Å². The number of hydrogen-bond donors (Lipinski definition) is 1. The fraction of sp³-hybridized carbons (Fsp3) is 0.478. The van der Waals surface area contributed by atoms with Crippen LogP contribution in [0.15, 0.2) is 24.3 Å². The molecule has 0 saturated carbocycles. The van der Waals surface area contributed by atoms with Crippen LogP contribution < -0.4 is 10.1 Å². The first-order chi connectivity index (χ1) is 14.0. The molecule has 1 atom stereocenters. The molecule has 156 valence electrons.